The lowest BCUT2D eigenvalue weighted by Crippen LogP contribution is -2.35. The van der Waals surface area contributed by atoms with Crippen LogP contribution in [-0.2, 0) is 4.84 Å². The molecule has 1 saturated carbocycles. The van der Waals surface area contributed by atoms with Crippen molar-refractivity contribution in [1.29, 1.82) is 0 Å². The van der Waals surface area contributed by atoms with Gasteiger partial charge in [0.25, 0.3) is 0 Å². The smallest absolute Gasteiger partial charge is 0.317 e. The third-order valence-corrected chi connectivity index (χ3v) is 3.66. The molecule has 1 fully saturated rings. The highest BCUT2D eigenvalue weighted by Crippen LogP contribution is 2.17. The third-order valence-electron chi connectivity index (χ3n) is 3.13. The fourth-order valence-electron chi connectivity index (χ4n) is 2.12. The summed E-state index contributed by atoms with van der Waals surface area (Å²) in [7, 11) is 0. The largest absolute Gasteiger partial charge is 0.433 e. The van der Waals surface area contributed by atoms with Gasteiger partial charge in [-0.25, -0.2) is 4.79 Å². The molecule has 4 nitrogen and oxygen atoms in total. The highest BCUT2D eigenvalue weighted by molar-refractivity contribution is 9.10. The Morgan fingerprint density at radius 3 is 2.63 bits per heavy atom. The van der Waals surface area contributed by atoms with Crippen LogP contribution in [0.5, 0.6) is 0 Å². The van der Waals surface area contributed by atoms with E-state index in [9.17, 15) is 4.79 Å². The van der Waals surface area contributed by atoms with Crippen LogP contribution in [0.4, 0.5) is 4.79 Å². The van der Waals surface area contributed by atoms with Crippen LogP contribution in [0, 0.1) is 0 Å². The molecule has 1 aromatic rings. The zero-order valence-corrected chi connectivity index (χ0v) is 12.2. The van der Waals surface area contributed by atoms with Crippen molar-refractivity contribution < 1.29 is 9.63 Å². The first-order valence-corrected chi connectivity index (χ1v) is 7.30. The number of halogens is 1. The van der Waals surface area contributed by atoms with Gasteiger partial charge in [0.2, 0.25) is 0 Å². The summed E-state index contributed by atoms with van der Waals surface area (Å²) in [6.07, 6.45) is 6.72. The molecular weight excluding hydrogens is 308 g/mol. The van der Waals surface area contributed by atoms with Gasteiger partial charge in [0.15, 0.2) is 0 Å². The van der Waals surface area contributed by atoms with Crippen LogP contribution in [0.3, 0.4) is 0 Å². The quantitative estimate of drug-likeness (QED) is 0.521. The van der Waals surface area contributed by atoms with Crippen LogP contribution < -0.4 is 5.32 Å². The van der Waals surface area contributed by atoms with Gasteiger partial charge < -0.3 is 5.32 Å². The Hall–Kier alpha value is -1.36. The molecule has 102 valence electrons. The van der Waals surface area contributed by atoms with Gasteiger partial charge in [0.05, 0.1) is 6.21 Å². The van der Waals surface area contributed by atoms with E-state index in [1.54, 1.807) is 0 Å². The zero-order chi connectivity index (χ0) is 13.5. The summed E-state index contributed by atoms with van der Waals surface area (Å²) >= 11 is 3.35. The van der Waals surface area contributed by atoms with Crippen LogP contribution in [0.15, 0.2) is 33.9 Å². The molecule has 0 bridgehead atoms. The van der Waals surface area contributed by atoms with Gasteiger partial charge >= 0.3 is 6.09 Å². The lowest BCUT2D eigenvalue weighted by atomic mass is 9.96. The number of benzene rings is 1. The average Bonchev–Trinajstić information content (AvgIpc) is 2.42. The number of oxime groups is 1. The van der Waals surface area contributed by atoms with E-state index in [2.05, 4.69) is 26.4 Å². The summed E-state index contributed by atoms with van der Waals surface area (Å²) in [5, 5.41) is 6.52. The highest BCUT2D eigenvalue weighted by atomic mass is 79.9. The van der Waals surface area contributed by atoms with Gasteiger partial charge in [-0.2, -0.15) is 0 Å². The van der Waals surface area contributed by atoms with E-state index < -0.39 is 6.09 Å². The minimum atomic E-state index is -0.472. The maximum absolute atomic E-state index is 11.5. The van der Waals surface area contributed by atoms with Crippen LogP contribution in [-0.4, -0.2) is 18.3 Å². The number of hydrogen-bond donors (Lipinski definition) is 1. The molecule has 1 amide bonds. The van der Waals surface area contributed by atoms with Gasteiger partial charge in [0, 0.05) is 10.5 Å². The van der Waals surface area contributed by atoms with Crippen LogP contribution in [0.1, 0.15) is 37.7 Å². The first-order valence-electron chi connectivity index (χ1n) is 6.50. The maximum atomic E-state index is 11.5. The molecule has 2 rings (SSSR count). The Kier molecular flexibility index (Phi) is 5.39. The maximum Gasteiger partial charge on any atom is 0.433 e. The number of hydrogen-bond acceptors (Lipinski definition) is 3. The SMILES string of the molecule is O=C(NC1CCCCC1)O/N=C/c1ccc(Br)cc1. The topological polar surface area (TPSA) is 50.7 Å². The molecule has 0 heterocycles. The number of carbonyl (C=O) groups excluding carboxylic acids is 1. The Morgan fingerprint density at radius 2 is 1.95 bits per heavy atom. The first kappa shape index (κ1) is 14.1. The second-order valence-electron chi connectivity index (χ2n) is 4.64. The fraction of sp³-hybridized carbons (Fsp3) is 0.429. The van der Waals surface area contributed by atoms with Gasteiger partial charge in [-0.05, 0) is 30.5 Å². The van der Waals surface area contributed by atoms with Crippen molar-refractivity contribution in [3.05, 3.63) is 34.3 Å². The second-order valence-corrected chi connectivity index (χ2v) is 5.56. The van der Waals surface area contributed by atoms with Gasteiger partial charge in [-0.15, -0.1) is 0 Å². The second kappa shape index (κ2) is 7.28. The molecule has 0 radical (unpaired) electrons. The zero-order valence-electron chi connectivity index (χ0n) is 10.6. The normalized spacial score (nSPS) is 16.5. The summed E-state index contributed by atoms with van der Waals surface area (Å²) in [6.45, 7) is 0. The lowest BCUT2D eigenvalue weighted by molar-refractivity contribution is 0.144. The van der Waals surface area contributed by atoms with Crippen LogP contribution >= 0.6 is 15.9 Å². The molecule has 0 atom stereocenters. The minimum Gasteiger partial charge on any atom is -0.317 e. The van der Waals surface area contributed by atoms with E-state index in [0.29, 0.717) is 0 Å². The molecule has 1 aromatic carbocycles. The predicted molar refractivity (Wildman–Crippen MR) is 78.2 cm³/mol. The molecule has 1 N–H and O–H groups in total. The molecule has 0 spiro atoms. The summed E-state index contributed by atoms with van der Waals surface area (Å²) in [6, 6.07) is 7.82. The highest BCUT2D eigenvalue weighted by Gasteiger charge is 2.16. The van der Waals surface area contributed by atoms with Crippen molar-refractivity contribution in [2.24, 2.45) is 5.16 Å². The minimum absolute atomic E-state index is 0.240. The van der Waals surface area contributed by atoms with E-state index in [0.717, 1.165) is 22.9 Å². The number of nitrogens with one attached hydrogen (secondary N) is 1. The van der Waals surface area contributed by atoms with E-state index in [-0.39, 0.29) is 6.04 Å². The number of nitrogens with zero attached hydrogens (tertiary/aromatic N) is 1. The summed E-state index contributed by atoms with van der Waals surface area (Å²) < 4.78 is 1.00. The van der Waals surface area contributed by atoms with E-state index in [1.165, 1.54) is 25.5 Å². The summed E-state index contributed by atoms with van der Waals surface area (Å²) in [5.41, 5.74) is 0.883. The van der Waals surface area contributed by atoms with Gasteiger partial charge in [0.1, 0.15) is 0 Å². The lowest BCUT2D eigenvalue weighted by Gasteiger charge is -2.21. The van der Waals surface area contributed by atoms with Gasteiger partial charge in [-0.3, -0.25) is 4.84 Å². The van der Waals surface area contributed by atoms with E-state index in [1.807, 2.05) is 24.3 Å². The Bertz CT molecular complexity index is 439. The number of rotatable bonds is 3. The molecule has 0 saturated heterocycles. The van der Waals surface area contributed by atoms with Crippen molar-refractivity contribution in [1.82, 2.24) is 5.32 Å². The number of amides is 1. The molecule has 19 heavy (non-hydrogen) atoms. The molecular formula is C14H17BrN2O2. The summed E-state index contributed by atoms with van der Waals surface area (Å²) in [5.74, 6) is 0. The van der Waals surface area contributed by atoms with Crippen LogP contribution in [0.2, 0.25) is 0 Å². The molecule has 0 aromatic heterocycles. The Labute approximate surface area is 121 Å². The standard InChI is InChI=1S/C14H17BrN2O2/c15-12-8-6-11(7-9-12)10-16-19-14(18)17-13-4-2-1-3-5-13/h6-10,13H,1-5H2,(H,17,18)/b16-10+. The molecule has 0 unspecified atom stereocenters. The number of carbonyl (C=O) groups is 1. The monoisotopic (exact) mass is 324 g/mol. The van der Waals surface area contributed by atoms with Crippen molar-refractivity contribution in [3.63, 3.8) is 0 Å². The van der Waals surface area contributed by atoms with Gasteiger partial charge in [-0.1, -0.05) is 52.5 Å². The van der Waals surface area contributed by atoms with Crippen molar-refractivity contribution >= 4 is 28.2 Å². The van der Waals surface area contributed by atoms with E-state index in [4.69, 9.17) is 4.84 Å². The third kappa shape index (κ3) is 5.03. The predicted octanol–water partition coefficient (Wildman–Crippen LogP) is 3.84. The van der Waals surface area contributed by atoms with Crippen molar-refractivity contribution in [2.45, 2.75) is 38.1 Å². The average molecular weight is 325 g/mol. The summed E-state index contributed by atoms with van der Waals surface area (Å²) in [4.78, 5) is 16.3. The Morgan fingerprint density at radius 1 is 1.26 bits per heavy atom. The van der Waals surface area contributed by atoms with Crippen molar-refractivity contribution in [3.8, 4) is 0 Å². The Balaban J connectivity index is 1.74. The first-order chi connectivity index (χ1) is 9.24. The molecule has 1 aliphatic rings. The van der Waals surface area contributed by atoms with Crippen LogP contribution in [0.25, 0.3) is 0 Å². The van der Waals surface area contributed by atoms with Crippen molar-refractivity contribution in [2.75, 3.05) is 0 Å². The fourth-order valence-corrected chi connectivity index (χ4v) is 2.39. The molecule has 5 heteroatoms. The molecule has 1 aliphatic carbocycles. The van der Waals surface area contributed by atoms with E-state index >= 15 is 0 Å². The molecule has 0 aliphatic heterocycles.